The van der Waals surface area contributed by atoms with Crippen LogP contribution in [0.2, 0.25) is 0 Å². The molecule has 0 aromatic heterocycles. The highest BCUT2D eigenvalue weighted by molar-refractivity contribution is 5.97. The van der Waals surface area contributed by atoms with Gasteiger partial charge in [0.25, 0.3) is 5.91 Å². The van der Waals surface area contributed by atoms with E-state index >= 15 is 0 Å². The second kappa shape index (κ2) is 7.26. The minimum Gasteiger partial charge on any atom is -0.396 e. The maximum Gasteiger partial charge on any atom is 0.256 e. The molecule has 2 N–H and O–H groups in total. The van der Waals surface area contributed by atoms with Crippen molar-refractivity contribution in [1.82, 2.24) is 0 Å². The number of hydrogen-bond acceptors (Lipinski definition) is 3. The Hall–Kier alpha value is -1.39. The van der Waals surface area contributed by atoms with Crippen LogP contribution in [0.25, 0.3) is 0 Å². The minimum absolute atomic E-state index is 0.142. The lowest BCUT2D eigenvalue weighted by Crippen LogP contribution is -2.41. The van der Waals surface area contributed by atoms with Gasteiger partial charge in [0.2, 0.25) is 0 Å². The van der Waals surface area contributed by atoms with Crippen molar-refractivity contribution in [3.05, 3.63) is 29.8 Å². The van der Waals surface area contributed by atoms with Gasteiger partial charge in [0.1, 0.15) is 5.60 Å². The Morgan fingerprint density at radius 1 is 1.47 bits per heavy atom. The molecule has 19 heavy (non-hydrogen) atoms. The van der Waals surface area contributed by atoms with Crippen molar-refractivity contribution in [2.45, 2.75) is 38.7 Å². The number of carbonyl (C=O) groups is 1. The van der Waals surface area contributed by atoms with Gasteiger partial charge in [-0.25, -0.2) is 0 Å². The van der Waals surface area contributed by atoms with Gasteiger partial charge in [-0.3, -0.25) is 4.79 Å². The van der Waals surface area contributed by atoms with Gasteiger partial charge in [0.15, 0.2) is 0 Å². The molecule has 0 bridgehead atoms. The van der Waals surface area contributed by atoms with E-state index in [2.05, 4.69) is 5.32 Å². The Bertz CT molecular complexity index is 414. The van der Waals surface area contributed by atoms with Crippen LogP contribution in [0.15, 0.2) is 24.3 Å². The SMILES string of the molecule is CCC(C)(OC)C(=O)Nc1cccc(CCCO)c1. The Kier molecular flexibility index (Phi) is 5.99. The summed E-state index contributed by atoms with van der Waals surface area (Å²) in [5.41, 5.74) is 1.06. The number of carbonyl (C=O) groups excluding carboxylic acids is 1. The minimum atomic E-state index is -0.804. The lowest BCUT2D eigenvalue weighted by Gasteiger charge is -2.25. The van der Waals surface area contributed by atoms with Gasteiger partial charge in [-0.15, -0.1) is 0 Å². The fourth-order valence-electron chi connectivity index (χ4n) is 1.75. The average molecular weight is 265 g/mol. The van der Waals surface area contributed by atoms with Crippen LogP contribution in [0.5, 0.6) is 0 Å². The Labute approximate surface area is 114 Å². The second-order valence-corrected chi connectivity index (χ2v) is 4.77. The smallest absolute Gasteiger partial charge is 0.256 e. The maximum absolute atomic E-state index is 12.1. The highest BCUT2D eigenvalue weighted by Gasteiger charge is 2.30. The maximum atomic E-state index is 12.1. The van der Waals surface area contributed by atoms with Crippen LogP contribution >= 0.6 is 0 Å². The first-order valence-corrected chi connectivity index (χ1v) is 6.62. The lowest BCUT2D eigenvalue weighted by molar-refractivity contribution is -0.136. The third-order valence-electron chi connectivity index (χ3n) is 3.41. The van der Waals surface area contributed by atoms with Crippen molar-refractivity contribution in [2.75, 3.05) is 19.0 Å². The number of nitrogens with one attached hydrogen (secondary N) is 1. The van der Waals surface area contributed by atoms with Gasteiger partial charge in [-0.2, -0.15) is 0 Å². The monoisotopic (exact) mass is 265 g/mol. The van der Waals surface area contributed by atoms with Crippen LogP contribution in [-0.4, -0.2) is 30.3 Å². The average Bonchev–Trinajstić information content (AvgIpc) is 2.44. The number of methoxy groups -OCH3 is 1. The number of aryl methyl sites for hydroxylation is 1. The van der Waals surface area contributed by atoms with E-state index < -0.39 is 5.60 Å². The number of aliphatic hydroxyl groups excluding tert-OH is 1. The molecule has 4 heteroatoms. The number of anilines is 1. The Morgan fingerprint density at radius 3 is 2.79 bits per heavy atom. The Morgan fingerprint density at radius 2 is 2.21 bits per heavy atom. The Balaban J connectivity index is 2.74. The first kappa shape index (κ1) is 15.7. The largest absolute Gasteiger partial charge is 0.396 e. The zero-order valence-corrected chi connectivity index (χ0v) is 11.9. The quantitative estimate of drug-likeness (QED) is 0.795. The van der Waals surface area contributed by atoms with Crippen molar-refractivity contribution in [2.24, 2.45) is 0 Å². The molecule has 0 aliphatic rings. The van der Waals surface area contributed by atoms with Crippen LogP contribution in [0.3, 0.4) is 0 Å². The molecule has 0 spiro atoms. The molecule has 1 unspecified atom stereocenters. The number of rotatable bonds is 7. The third-order valence-corrected chi connectivity index (χ3v) is 3.41. The second-order valence-electron chi connectivity index (χ2n) is 4.77. The summed E-state index contributed by atoms with van der Waals surface area (Å²) in [6, 6.07) is 7.67. The molecular weight excluding hydrogens is 242 g/mol. The standard InChI is InChI=1S/C15H23NO3/c1-4-15(2,19-3)14(18)16-13-9-5-7-12(11-13)8-6-10-17/h5,7,9,11,17H,4,6,8,10H2,1-3H3,(H,16,18). The number of hydrogen-bond donors (Lipinski definition) is 2. The summed E-state index contributed by atoms with van der Waals surface area (Å²) in [4.78, 5) is 12.1. The van der Waals surface area contributed by atoms with Crippen LogP contribution in [0, 0.1) is 0 Å². The van der Waals surface area contributed by atoms with Gasteiger partial charge < -0.3 is 15.2 Å². The van der Waals surface area contributed by atoms with E-state index in [0.29, 0.717) is 6.42 Å². The molecule has 106 valence electrons. The zero-order valence-electron chi connectivity index (χ0n) is 11.9. The van der Waals surface area contributed by atoms with Gasteiger partial charge in [-0.05, 0) is 43.9 Å². The van der Waals surface area contributed by atoms with Crippen LogP contribution < -0.4 is 5.32 Å². The van der Waals surface area contributed by atoms with Crippen molar-refractivity contribution >= 4 is 11.6 Å². The van der Waals surface area contributed by atoms with E-state index in [4.69, 9.17) is 9.84 Å². The molecule has 1 rings (SSSR count). The fraction of sp³-hybridized carbons (Fsp3) is 0.533. The molecule has 1 aromatic rings. The molecular formula is C15H23NO3. The summed E-state index contributed by atoms with van der Waals surface area (Å²) < 4.78 is 5.27. The highest BCUT2D eigenvalue weighted by atomic mass is 16.5. The zero-order chi connectivity index (χ0) is 14.3. The topological polar surface area (TPSA) is 58.6 Å². The predicted molar refractivity (Wildman–Crippen MR) is 76.2 cm³/mol. The van der Waals surface area contributed by atoms with E-state index in [1.165, 1.54) is 0 Å². The molecule has 0 saturated carbocycles. The van der Waals surface area contributed by atoms with Gasteiger partial charge in [-0.1, -0.05) is 19.1 Å². The summed E-state index contributed by atoms with van der Waals surface area (Å²) in [5.74, 6) is -0.142. The van der Waals surface area contributed by atoms with E-state index in [9.17, 15) is 4.79 Å². The van der Waals surface area contributed by atoms with E-state index in [1.807, 2.05) is 31.2 Å². The molecule has 0 saturated heterocycles. The number of aliphatic hydroxyl groups is 1. The van der Waals surface area contributed by atoms with Gasteiger partial charge in [0, 0.05) is 19.4 Å². The third kappa shape index (κ3) is 4.33. The molecule has 0 radical (unpaired) electrons. The number of benzene rings is 1. The summed E-state index contributed by atoms with van der Waals surface area (Å²) >= 11 is 0. The first-order chi connectivity index (χ1) is 9.05. The summed E-state index contributed by atoms with van der Waals surface area (Å²) in [6.45, 7) is 3.87. The number of ether oxygens (including phenoxy) is 1. The predicted octanol–water partition coefficient (Wildman–Crippen LogP) is 2.37. The lowest BCUT2D eigenvalue weighted by atomic mass is 10.0. The molecule has 0 aliphatic carbocycles. The van der Waals surface area contributed by atoms with Crippen molar-refractivity contribution in [3.8, 4) is 0 Å². The van der Waals surface area contributed by atoms with Crippen LogP contribution in [-0.2, 0) is 16.0 Å². The van der Waals surface area contributed by atoms with Crippen LogP contribution in [0.1, 0.15) is 32.3 Å². The van der Waals surface area contributed by atoms with Gasteiger partial charge >= 0.3 is 0 Å². The van der Waals surface area contributed by atoms with Gasteiger partial charge in [0.05, 0.1) is 0 Å². The normalized spacial score (nSPS) is 13.9. The summed E-state index contributed by atoms with van der Waals surface area (Å²) in [6.07, 6.45) is 2.14. The van der Waals surface area contributed by atoms with Crippen molar-refractivity contribution in [3.63, 3.8) is 0 Å². The molecule has 0 aliphatic heterocycles. The fourth-order valence-corrected chi connectivity index (χ4v) is 1.75. The van der Waals surface area contributed by atoms with Crippen molar-refractivity contribution < 1.29 is 14.6 Å². The molecule has 1 aromatic carbocycles. The molecule has 1 amide bonds. The molecule has 4 nitrogen and oxygen atoms in total. The number of amides is 1. The van der Waals surface area contributed by atoms with E-state index in [-0.39, 0.29) is 12.5 Å². The summed E-state index contributed by atoms with van der Waals surface area (Å²) in [5, 5.41) is 11.7. The highest BCUT2D eigenvalue weighted by Crippen LogP contribution is 2.18. The first-order valence-electron chi connectivity index (χ1n) is 6.62. The van der Waals surface area contributed by atoms with Crippen LogP contribution in [0.4, 0.5) is 5.69 Å². The summed E-state index contributed by atoms with van der Waals surface area (Å²) in [7, 11) is 1.54. The molecule has 0 heterocycles. The van der Waals surface area contributed by atoms with E-state index in [0.717, 1.165) is 24.1 Å². The van der Waals surface area contributed by atoms with E-state index in [1.54, 1.807) is 14.0 Å². The molecule has 1 atom stereocenters. The van der Waals surface area contributed by atoms with Crippen molar-refractivity contribution in [1.29, 1.82) is 0 Å². The molecule has 0 fully saturated rings.